The number of carbonyl (C=O) groups is 2. The van der Waals surface area contributed by atoms with Crippen LogP contribution in [-0.4, -0.2) is 48.3 Å². The number of amides is 1. The van der Waals surface area contributed by atoms with Crippen LogP contribution in [0.1, 0.15) is 51.5 Å². The highest BCUT2D eigenvalue weighted by molar-refractivity contribution is 6.01. The van der Waals surface area contributed by atoms with Gasteiger partial charge in [0.1, 0.15) is 11.9 Å². The molecule has 1 aromatic rings. The largest absolute Gasteiger partial charge is 0.466 e. The van der Waals surface area contributed by atoms with Crippen LogP contribution in [0.3, 0.4) is 0 Å². The van der Waals surface area contributed by atoms with Crippen LogP contribution < -0.4 is 0 Å². The summed E-state index contributed by atoms with van der Waals surface area (Å²) in [6.45, 7) is 5.02. The quantitative estimate of drug-likeness (QED) is 0.699. The maximum absolute atomic E-state index is 13.5. The first-order valence-corrected chi connectivity index (χ1v) is 9.91. The lowest BCUT2D eigenvalue weighted by Crippen LogP contribution is -2.48. The van der Waals surface area contributed by atoms with Crippen molar-refractivity contribution >= 4 is 17.6 Å². The number of likely N-dealkylation sites (tertiary alicyclic amines) is 1. The molecule has 0 radical (unpaired) electrons. The number of carbonyl (C=O) groups excluding carboxylic acids is 2. The molecular weight excluding hydrogens is 363 g/mol. The highest BCUT2D eigenvalue weighted by atomic mass is 19.1. The molecule has 0 aliphatic carbocycles. The van der Waals surface area contributed by atoms with Gasteiger partial charge in [0.15, 0.2) is 0 Å². The highest BCUT2D eigenvalue weighted by Gasteiger charge is 2.46. The van der Waals surface area contributed by atoms with Crippen LogP contribution in [0.25, 0.3) is 0 Å². The Labute approximate surface area is 164 Å². The average Bonchev–Trinajstić information content (AvgIpc) is 3.16. The van der Waals surface area contributed by atoms with Crippen molar-refractivity contribution in [2.45, 2.75) is 52.1 Å². The topological polar surface area (TPSA) is 68.2 Å². The van der Waals surface area contributed by atoms with Gasteiger partial charge in [-0.1, -0.05) is 24.2 Å². The molecule has 1 saturated heterocycles. The Bertz CT molecular complexity index is 757. The van der Waals surface area contributed by atoms with Crippen molar-refractivity contribution in [2.75, 3.05) is 19.7 Å². The zero-order valence-electron chi connectivity index (χ0n) is 16.4. The molecule has 3 rings (SSSR count). The van der Waals surface area contributed by atoms with E-state index in [0.717, 1.165) is 0 Å². The second kappa shape index (κ2) is 8.71. The Balaban J connectivity index is 1.68. The van der Waals surface area contributed by atoms with E-state index in [0.29, 0.717) is 63.1 Å². The molecule has 1 unspecified atom stereocenters. The molecule has 0 N–H and O–H groups in total. The number of esters is 1. The van der Waals surface area contributed by atoms with E-state index in [1.54, 1.807) is 19.1 Å². The zero-order valence-corrected chi connectivity index (χ0v) is 16.4. The predicted octanol–water partition coefficient (Wildman–Crippen LogP) is 3.29. The molecule has 7 heteroatoms. The van der Waals surface area contributed by atoms with Crippen LogP contribution in [0.4, 0.5) is 4.39 Å². The van der Waals surface area contributed by atoms with Gasteiger partial charge in [0.25, 0.3) is 0 Å². The summed E-state index contributed by atoms with van der Waals surface area (Å²) in [5, 5.41) is 4.12. The standard InChI is InChI=1S/C21H27FN2O4/c1-3-19(25)24-10-8-21(9-11-24,20(26)27-4-2)14-17-13-18(23-28-17)15-6-5-7-16(22)12-15/h5-7,12,17H,3-4,8-11,13-14H2,1-2H3. The molecule has 2 heterocycles. The second-order valence-electron chi connectivity index (χ2n) is 7.42. The van der Waals surface area contributed by atoms with Gasteiger partial charge < -0.3 is 14.5 Å². The van der Waals surface area contributed by atoms with Gasteiger partial charge in [-0.2, -0.15) is 0 Å². The monoisotopic (exact) mass is 390 g/mol. The van der Waals surface area contributed by atoms with Crippen LogP contribution in [0.5, 0.6) is 0 Å². The number of piperidine rings is 1. The summed E-state index contributed by atoms with van der Waals surface area (Å²) in [6.07, 6.45) is 2.28. The molecule has 1 aromatic carbocycles. The summed E-state index contributed by atoms with van der Waals surface area (Å²) in [7, 11) is 0. The minimum Gasteiger partial charge on any atom is -0.466 e. The first kappa shape index (κ1) is 20.3. The third-order valence-corrected chi connectivity index (χ3v) is 5.59. The summed E-state index contributed by atoms with van der Waals surface area (Å²) >= 11 is 0. The van der Waals surface area contributed by atoms with Crippen LogP contribution >= 0.6 is 0 Å². The van der Waals surface area contributed by atoms with Gasteiger partial charge in [-0.15, -0.1) is 0 Å². The third-order valence-electron chi connectivity index (χ3n) is 5.59. The zero-order chi connectivity index (χ0) is 20.1. The smallest absolute Gasteiger partial charge is 0.312 e. The number of halogens is 1. The maximum Gasteiger partial charge on any atom is 0.312 e. The van der Waals surface area contributed by atoms with Crippen LogP contribution in [0, 0.1) is 11.2 Å². The number of oxime groups is 1. The Hall–Kier alpha value is -2.44. The van der Waals surface area contributed by atoms with Gasteiger partial charge in [-0.25, -0.2) is 4.39 Å². The molecule has 0 aromatic heterocycles. The first-order chi connectivity index (χ1) is 13.5. The van der Waals surface area contributed by atoms with Crippen molar-refractivity contribution in [1.82, 2.24) is 4.90 Å². The Morgan fingerprint density at radius 2 is 2.07 bits per heavy atom. The van der Waals surface area contributed by atoms with Gasteiger partial charge in [-0.05, 0) is 31.9 Å². The number of nitrogens with zero attached hydrogens (tertiary/aromatic N) is 2. The Morgan fingerprint density at radius 1 is 1.32 bits per heavy atom. The first-order valence-electron chi connectivity index (χ1n) is 9.91. The predicted molar refractivity (Wildman–Crippen MR) is 102 cm³/mol. The fourth-order valence-corrected chi connectivity index (χ4v) is 4.00. The molecule has 2 aliphatic heterocycles. The summed E-state index contributed by atoms with van der Waals surface area (Å²) in [5.74, 6) is -0.452. The lowest BCUT2D eigenvalue weighted by Gasteiger charge is -2.40. The lowest BCUT2D eigenvalue weighted by atomic mass is 9.73. The Kier molecular flexibility index (Phi) is 6.31. The van der Waals surface area contributed by atoms with Crippen molar-refractivity contribution in [2.24, 2.45) is 10.6 Å². The van der Waals surface area contributed by atoms with Crippen molar-refractivity contribution in [3.05, 3.63) is 35.6 Å². The maximum atomic E-state index is 13.5. The van der Waals surface area contributed by atoms with Gasteiger partial charge in [0.2, 0.25) is 5.91 Å². The second-order valence-corrected chi connectivity index (χ2v) is 7.42. The van der Waals surface area contributed by atoms with Crippen molar-refractivity contribution < 1.29 is 23.6 Å². The third kappa shape index (κ3) is 4.34. The number of hydrogen-bond donors (Lipinski definition) is 0. The van der Waals surface area contributed by atoms with E-state index in [9.17, 15) is 14.0 Å². The van der Waals surface area contributed by atoms with E-state index < -0.39 is 5.41 Å². The molecule has 1 amide bonds. The minimum absolute atomic E-state index is 0.103. The average molecular weight is 390 g/mol. The summed E-state index contributed by atoms with van der Waals surface area (Å²) < 4.78 is 18.8. The normalized spacial score (nSPS) is 21.0. The number of hydrogen-bond acceptors (Lipinski definition) is 5. The van der Waals surface area contributed by atoms with Crippen LogP contribution in [0.15, 0.2) is 29.4 Å². The van der Waals surface area contributed by atoms with E-state index in [4.69, 9.17) is 9.57 Å². The molecular formula is C21H27FN2O4. The molecule has 28 heavy (non-hydrogen) atoms. The molecule has 152 valence electrons. The fourth-order valence-electron chi connectivity index (χ4n) is 4.00. The summed E-state index contributed by atoms with van der Waals surface area (Å²) in [6, 6.07) is 6.25. The molecule has 1 fully saturated rings. The van der Waals surface area contributed by atoms with Crippen LogP contribution in [-0.2, 0) is 19.2 Å². The number of rotatable bonds is 6. The molecule has 0 spiro atoms. The van der Waals surface area contributed by atoms with E-state index in [2.05, 4.69) is 5.16 Å². The van der Waals surface area contributed by atoms with Crippen molar-refractivity contribution in [3.8, 4) is 0 Å². The van der Waals surface area contributed by atoms with E-state index >= 15 is 0 Å². The van der Waals surface area contributed by atoms with Crippen molar-refractivity contribution in [1.29, 1.82) is 0 Å². The fraction of sp³-hybridized carbons (Fsp3) is 0.571. The van der Waals surface area contributed by atoms with Gasteiger partial charge in [0, 0.05) is 37.9 Å². The molecule has 0 bridgehead atoms. The Morgan fingerprint density at radius 3 is 2.71 bits per heavy atom. The van der Waals surface area contributed by atoms with Gasteiger partial charge >= 0.3 is 5.97 Å². The van der Waals surface area contributed by atoms with Crippen LogP contribution in [0.2, 0.25) is 0 Å². The minimum atomic E-state index is -0.682. The lowest BCUT2D eigenvalue weighted by molar-refractivity contribution is -0.163. The van der Waals surface area contributed by atoms with E-state index in [-0.39, 0.29) is 23.8 Å². The summed E-state index contributed by atoms with van der Waals surface area (Å²) in [5.41, 5.74) is 0.691. The van der Waals surface area contributed by atoms with E-state index in [1.165, 1.54) is 12.1 Å². The number of ether oxygens (including phenoxy) is 1. The summed E-state index contributed by atoms with van der Waals surface area (Å²) in [4.78, 5) is 32.2. The molecule has 6 nitrogen and oxygen atoms in total. The van der Waals surface area contributed by atoms with E-state index in [1.807, 2.05) is 11.8 Å². The highest BCUT2D eigenvalue weighted by Crippen LogP contribution is 2.40. The van der Waals surface area contributed by atoms with Gasteiger partial charge in [-0.3, -0.25) is 9.59 Å². The molecule has 1 atom stereocenters. The molecule has 0 saturated carbocycles. The van der Waals surface area contributed by atoms with Gasteiger partial charge in [0.05, 0.1) is 17.7 Å². The SMILES string of the molecule is CCOC(=O)C1(CC2CC(c3cccc(F)c3)=NO2)CCN(C(=O)CC)CC1. The van der Waals surface area contributed by atoms with Crippen molar-refractivity contribution in [3.63, 3.8) is 0 Å². The molecule has 2 aliphatic rings. The number of benzene rings is 1.